The summed E-state index contributed by atoms with van der Waals surface area (Å²) in [4.78, 5) is 39.2. The van der Waals surface area contributed by atoms with Crippen LogP contribution in [0.2, 0.25) is 5.15 Å². The maximum Gasteiger partial charge on any atom is 0.277 e. The molecule has 0 spiro atoms. The number of piperidine rings is 1. The summed E-state index contributed by atoms with van der Waals surface area (Å²) in [6.45, 7) is 3.29. The van der Waals surface area contributed by atoms with Crippen molar-refractivity contribution in [3.63, 3.8) is 0 Å². The number of halogens is 2. The first-order valence-electron chi connectivity index (χ1n) is 9.19. The number of carbonyl (C=O) groups excluding carboxylic acids is 2. The quantitative estimate of drug-likeness (QED) is 0.502. The molecule has 2 N–H and O–H groups in total. The Morgan fingerprint density at radius 2 is 2.03 bits per heavy atom. The lowest BCUT2D eigenvalue weighted by atomic mass is 10.0. The van der Waals surface area contributed by atoms with Crippen molar-refractivity contribution >= 4 is 45.2 Å². The van der Waals surface area contributed by atoms with Gasteiger partial charge in [-0.2, -0.15) is 0 Å². The predicted molar refractivity (Wildman–Crippen MR) is 114 cm³/mol. The van der Waals surface area contributed by atoms with Crippen LogP contribution in [-0.4, -0.2) is 60.1 Å². The number of pyridine rings is 1. The van der Waals surface area contributed by atoms with E-state index in [1.165, 1.54) is 20.2 Å². The first-order valence-corrected chi connectivity index (χ1v) is 10.4. The fraction of sp³-hybridized carbons (Fsp3) is 0.421. The van der Waals surface area contributed by atoms with E-state index in [1.807, 2.05) is 6.92 Å². The zero-order valence-corrected chi connectivity index (χ0v) is 18.8. The number of amides is 2. The van der Waals surface area contributed by atoms with Gasteiger partial charge < -0.3 is 15.2 Å². The molecule has 10 heteroatoms. The van der Waals surface area contributed by atoms with Crippen molar-refractivity contribution < 1.29 is 14.4 Å². The van der Waals surface area contributed by atoms with Gasteiger partial charge in [0, 0.05) is 41.9 Å². The first-order chi connectivity index (χ1) is 13.8. The van der Waals surface area contributed by atoms with Gasteiger partial charge in [0.25, 0.3) is 11.8 Å². The molecule has 3 rings (SSSR count). The highest BCUT2D eigenvalue weighted by atomic mass is 79.9. The third-order valence-corrected chi connectivity index (χ3v) is 5.95. The lowest BCUT2D eigenvalue weighted by molar-refractivity contribution is -0.0757. The number of hydroxylamine groups is 2. The van der Waals surface area contributed by atoms with Crippen LogP contribution in [0, 0.1) is 6.92 Å². The molecule has 1 saturated heterocycles. The van der Waals surface area contributed by atoms with Gasteiger partial charge in [0.05, 0.1) is 7.11 Å². The SMILES string of the molecule is CON(C)C(=O)c1cc(Cl)nc(N2CCC(NC(=O)c3cc(Br)c(C)[nH]3)CC2)c1. The van der Waals surface area contributed by atoms with Crippen LogP contribution in [0.1, 0.15) is 39.4 Å². The highest BCUT2D eigenvalue weighted by Gasteiger charge is 2.24. The van der Waals surface area contributed by atoms with E-state index < -0.39 is 0 Å². The Labute approximate surface area is 182 Å². The number of aryl methyl sites for hydroxylation is 1. The average Bonchev–Trinajstić information content (AvgIpc) is 3.05. The second-order valence-corrected chi connectivity index (χ2v) is 8.15. The molecule has 0 aliphatic carbocycles. The summed E-state index contributed by atoms with van der Waals surface area (Å²) in [5.74, 6) is 0.222. The average molecular weight is 485 g/mol. The normalized spacial score (nSPS) is 14.7. The van der Waals surface area contributed by atoms with E-state index >= 15 is 0 Å². The van der Waals surface area contributed by atoms with Gasteiger partial charge in [-0.3, -0.25) is 14.4 Å². The van der Waals surface area contributed by atoms with E-state index in [0.29, 0.717) is 30.2 Å². The topological polar surface area (TPSA) is 90.6 Å². The van der Waals surface area contributed by atoms with Crippen molar-refractivity contribution in [3.8, 4) is 0 Å². The Kier molecular flexibility index (Phi) is 6.81. The van der Waals surface area contributed by atoms with E-state index in [4.69, 9.17) is 16.4 Å². The highest BCUT2D eigenvalue weighted by molar-refractivity contribution is 9.10. The van der Waals surface area contributed by atoms with Gasteiger partial charge in [-0.25, -0.2) is 10.0 Å². The number of H-pyrrole nitrogens is 1. The van der Waals surface area contributed by atoms with Crippen molar-refractivity contribution in [2.45, 2.75) is 25.8 Å². The lowest BCUT2D eigenvalue weighted by Crippen LogP contribution is -2.45. The van der Waals surface area contributed by atoms with Crippen LogP contribution in [0.4, 0.5) is 5.82 Å². The minimum absolute atomic E-state index is 0.0704. The number of aromatic nitrogens is 2. The number of hydrogen-bond acceptors (Lipinski definition) is 5. The minimum Gasteiger partial charge on any atom is -0.356 e. The molecule has 1 aliphatic heterocycles. The van der Waals surface area contributed by atoms with Crippen molar-refractivity contribution in [2.75, 3.05) is 32.1 Å². The summed E-state index contributed by atoms with van der Waals surface area (Å²) in [6, 6.07) is 5.08. The third-order valence-electron chi connectivity index (χ3n) is 4.94. The Balaban J connectivity index is 1.62. The van der Waals surface area contributed by atoms with Crippen molar-refractivity contribution in [2.24, 2.45) is 0 Å². The maximum atomic E-state index is 12.4. The number of carbonyl (C=O) groups is 2. The van der Waals surface area contributed by atoms with Crippen LogP contribution in [0.15, 0.2) is 22.7 Å². The largest absolute Gasteiger partial charge is 0.356 e. The molecule has 29 heavy (non-hydrogen) atoms. The standard InChI is InChI=1S/C19H23BrClN5O3/c1-11-14(20)10-15(22-11)18(27)23-13-4-6-26(7-5-13)17-9-12(8-16(21)24-17)19(28)25(2)29-3/h8-10,13,22H,4-7H2,1-3H3,(H,23,27). The lowest BCUT2D eigenvalue weighted by Gasteiger charge is -2.33. The predicted octanol–water partition coefficient (Wildman–Crippen LogP) is 3.17. The van der Waals surface area contributed by atoms with E-state index in [9.17, 15) is 9.59 Å². The van der Waals surface area contributed by atoms with Crippen LogP contribution in [-0.2, 0) is 4.84 Å². The number of rotatable bonds is 5. The van der Waals surface area contributed by atoms with Crippen LogP contribution < -0.4 is 10.2 Å². The van der Waals surface area contributed by atoms with E-state index in [0.717, 1.165) is 28.1 Å². The Morgan fingerprint density at radius 1 is 1.34 bits per heavy atom. The molecule has 0 saturated carbocycles. The molecule has 0 aromatic carbocycles. The second kappa shape index (κ2) is 9.15. The first kappa shape index (κ1) is 21.6. The molecule has 156 valence electrons. The zero-order valence-electron chi connectivity index (χ0n) is 16.5. The van der Waals surface area contributed by atoms with Gasteiger partial charge in [0.2, 0.25) is 0 Å². The molecule has 3 heterocycles. The third kappa shape index (κ3) is 5.09. The number of aromatic amines is 1. The zero-order chi connectivity index (χ0) is 21.1. The van der Waals surface area contributed by atoms with Gasteiger partial charge in [0.1, 0.15) is 16.7 Å². The second-order valence-electron chi connectivity index (χ2n) is 6.91. The maximum absolute atomic E-state index is 12.4. The van der Waals surface area contributed by atoms with E-state index in [2.05, 4.69) is 36.1 Å². The molecule has 1 aliphatic rings. The monoisotopic (exact) mass is 483 g/mol. The molecule has 0 atom stereocenters. The van der Waals surface area contributed by atoms with E-state index in [-0.39, 0.29) is 23.0 Å². The smallest absolute Gasteiger partial charge is 0.277 e. The number of nitrogens with zero attached hydrogens (tertiary/aromatic N) is 3. The molecule has 2 amide bonds. The van der Waals surface area contributed by atoms with Crippen LogP contribution in [0.5, 0.6) is 0 Å². The molecule has 0 radical (unpaired) electrons. The molecular formula is C19H23BrClN5O3. The van der Waals surface area contributed by atoms with Crippen LogP contribution in [0.25, 0.3) is 0 Å². The number of anilines is 1. The Hall–Kier alpha value is -2.10. The Bertz CT molecular complexity index is 892. The van der Waals surface area contributed by atoms with Gasteiger partial charge >= 0.3 is 0 Å². The summed E-state index contributed by atoms with van der Waals surface area (Å²) in [6.07, 6.45) is 1.53. The van der Waals surface area contributed by atoms with Crippen molar-refractivity contribution in [1.82, 2.24) is 20.3 Å². The van der Waals surface area contributed by atoms with Crippen LogP contribution >= 0.6 is 27.5 Å². The van der Waals surface area contributed by atoms with Gasteiger partial charge in [-0.05, 0) is 53.9 Å². The summed E-state index contributed by atoms with van der Waals surface area (Å²) in [7, 11) is 2.96. The summed E-state index contributed by atoms with van der Waals surface area (Å²) in [5, 5.41) is 4.46. The summed E-state index contributed by atoms with van der Waals surface area (Å²) in [5.41, 5.74) is 1.87. The molecule has 2 aromatic heterocycles. The Morgan fingerprint density at radius 3 is 2.62 bits per heavy atom. The fourth-order valence-electron chi connectivity index (χ4n) is 3.20. The fourth-order valence-corrected chi connectivity index (χ4v) is 3.74. The summed E-state index contributed by atoms with van der Waals surface area (Å²) >= 11 is 9.54. The van der Waals surface area contributed by atoms with Gasteiger partial charge in [-0.15, -0.1) is 0 Å². The van der Waals surface area contributed by atoms with Crippen molar-refractivity contribution in [1.29, 1.82) is 0 Å². The molecule has 2 aromatic rings. The molecular weight excluding hydrogens is 462 g/mol. The van der Waals surface area contributed by atoms with Gasteiger partial charge in [-0.1, -0.05) is 11.6 Å². The number of hydrogen-bond donors (Lipinski definition) is 2. The van der Waals surface area contributed by atoms with E-state index in [1.54, 1.807) is 12.1 Å². The summed E-state index contributed by atoms with van der Waals surface area (Å²) < 4.78 is 0.883. The minimum atomic E-state index is -0.299. The van der Waals surface area contributed by atoms with Crippen molar-refractivity contribution in [3.05, 3.63) is 44.8 Å². The van der Waals surface area contributed by atoms with Gasteiger partial charge in [0.15, 0.2) is 0 Å². The molecule has 0 unspecified atom stereocenters. The molecule has 1 fully saturated rings. The highest BCUT2D eigenvalue weighted by Crippen LogP contribution is 2.23. The van der Waals surface area contributed by atoms with Crippen LogP contribution in [0.3, 0.4) is 0 Å². The molecule has 0 bridgehead atoms. The number of nitrogens with one attached hydrogen (secondary N) is 2. The molecule has 8 nitrogen and oxygen atoms in total.